The topological polar surface area (TPSA) is 87.2 Å². The zero-order valence-corrected chi connectivity index (χ0v) is 19.4. The molecule has 0 aliphatic carbocycles. The molecule has 0 saturated carbocycles. The van der Waals surface area contributed by atoms with Gasteiger partial charge in [0.05, 0.1) is 0 Å². The second kappa shape index (κ2) is 10.2. The summed E-state index contributed by atoms with van der Waals surface area (Å²) in [5.74, 6) is -1.00. The van der Waals surface area contributed by atoms with Crippen LogP contribution in [-0.4, -0.2) is 60.5 Å². The first-order chi connectivity index (χ1) is 15.0. The van der Waals surface area contributed by atoms with E-state index in [4.69, 9.17) is 20.9 Å². The maximum atomic E-state index is 13.1. The van der Waals surface area contributed by atoms with Crippen LogP contribution in [0.2, 0.25) is 5.02 Å². The largest absolute Gasteiger partial charge is 0.483 e. The fraction of sp³-hybridized carbons (Fsp3) is 0.409. The molecule has 1 saturated heterocycles. The van der Waals surface area contributed by atoms with Crippen LogP contribution in [0.5, 0.6) is 5.75 Å². The highest BCUT2D eigenvalue weighted by Gasteiger charge is 2.32. The molecule has 1 aliphatic heterocycles. The first-order valence-corrected chi connectivity index (χ1v) is 12.1. The lowest BCUT2D eigenvalue weighted by Crippen LogP contribution is -2.58. The second-order valence-corrected chi connectivity index (χ2v) is 9.96. The molecular formula is C22H26ClFN2O5S. The van der Waals surface area contributed by atoms with Crippen LogP contribution in [0, 0.1) is 5.82 Å². The Morgan fingerprint density at radius 3 is 2.50 bits per heavy atom. The summed E-state index contributed by atoms with van der Waals surface area (Å²) in [4.78, 5) is 16.8. The average Bonchev–Trinajstić information content (AvgIpc) is 2.71. The van der Waals surface area contributed by atoms with Gasteiger partial charge in [-0.15, -0.1) is 0 Å². The number of amides is 1. The third-order valence-corrected chi connectivity index (χ3v) is 6.36. The minimum Gasteiger partial charge on any atom is -0.483 e. The van der Waals surface area contributed by atoms with E-state index in [1.54, 1.807) is 17.0 Å². The van der Waals surface area contributed by atoms with Crippen LogP contribution < -0.4 is 4.74 Å². The van der Waals surface area contributed by atoms with E-state index in [9.17, 15) is 17.6 Å². The van der Waals surface area contributed by atoms with E-state index in [1.807, 2.05) is 13.8 Å². The smallest absolute Gasteiger partial charge is 0.269 e. The molecule has 1 fully saturated rings. The van der Waals surface area contributed by atoms with Crippen LogP contribution >= 0.6 is 11.6 Å². The molecule has 0 unspecified atom stereocenters. The highest BCUT2D eigenvalue weighted by molar-refractivity contribution is 7.85. The lowest BCUT2D eigenvalue weighted by Gasteiger charge is -2.44. The van der Waals surface area contributed by atoms with Crippen molar-refractivity contribution >= 4 is 27.6 Å². The monoisotopic (exact) mass is 484 g/mol. The van der Waals surface area contributed by atoms with Crippen LogP contribution in [0.3, 0.4) is 0 Å². The molecule has 32 heavy (non-hydrogen) atoms. The molecule has 2 atom stereocenters. The molecule has 1 heterocycles. The number of hydrogen-bond acceptors (Lipinski definition) is 5. The molecule has 1 N–H and O–H groups in total. The van der Waals surface area contributed by atoms with Crippen molar-refractivity contribution in [2.75, 3.05) is 19.7 Å². The maximum Gasteiger partial charge on any atom is 0.269 e. The summed E-state index contributed by atoms with van der Waals surface area (Å²) in [6, 6.07) is 10.7. The summed E-state index contributed by atoms with van der Waals surface area (Å²) < 4.78 is 50.4. The van der Waals surface area contributed by atoms with Gasteiger partial charge in [-0.25, -0.2) is 4.39 Å². The van der Waals surface area contributed by atoms with Crippen molar-refractivity contribution in [2.45, 2.75) is 38.2 Å². The molecule has 7 nitrogen and oxygen atoms in total. The fourth-order valence-electron chi connectivity index (χ4n) is 3.79. The van der Waals surface area contributed by atoms with E-state index in [1.165, 1.54) is 30.3 Å². The maximum absolute atomic E-state index is 13.1. The van der Waals surface area contributed by atoms with E-state index in [0.29, 0.717) is 24.7 Å². The summed E-state index contributed by atoms with van der Waals surface area (Å²) in [5.41, 5.74) is 1.22. The second-order valence-electron chi connectivity index (χ2n) is 8.07. The van der Waals surface area contributed by atoms with Gasteiger partial charge in [-0.05, 0) is 43.7 Å². The van der Waals surface area contributed by atoms with Gasteiger partial charge in [-0.3, -0.25) is 14.2 Å². The van der Waals surface area contributed by atoms with E-state index < -0.39 is 15.9 Å². The van der Waals surface area contributed by atoms with Gasteiger partial charge in [0.2, 0.25) is 0 Å². The quantitative estimate of drug-likeness (QED) is 0.606. The number of benzene rings is 2. The molecule has 0 aromatic heterocycles. The van der Waals surface area contributed by atoms with Crippen molar-refractivity contribution in [1.82, 2.24) is 9.80 Å². The first-order valence-electron chi connectivity index (χ1n) is 10.2. The van der Waals surface area contributed by atoms with E-state index in [0.717, 1.165) is 5.56 Å². The predicted octanol–water partition coefficient (Wildman–Crippen LogP) is 3.37. The molecular weight excluding hydrogens is 459 g/mol. The molecule has 0 spiro atoms. The van der Waals surface area contributed by atoms with Gasteiger partial charge in [0, 0.05) is 42.3 Å². The number of halogens is 2. The molecule has 174 valence electrons. The normalized spacial score (nSPS) is 19.7. The molecule has 0 bridgehead atoms. The van der Waals surface area contributed by atoms with Gasteiger partial charge in [-0.2, -0.15) is 8.42 Å². The fourth-order valence-corrected chi connectivity index (χ4v) is 4.58. The lowest BCUT2D eigenvalue weighted by molar-refractivity contribution is -0.139. The Labute approximate surface area is 192 Å². The van der Waals surface area contributed by atoms with E-state index in [2.05, 4.69) is 4.90 Å². The van der Waals surface area contributed by atoms with E-state index in [-0.39, 0.29) is 41.7 Å². The van der Waals surface area contributed by atoms with Crippen molar-refractivity contribution in [3.63, 3.8) is 0 Å². The first kappa shape index (κ1) is 24.4. The summed E-state index contributed by atoms with van der Waals surface area (Å²) >= 11 is 5.97. The average molecular weight is 485 g/mol. The number of carbonyl (C=O) groups is 1. The van der Waals surface area contributed by atoms with Gasteiger partial charge in [0.25, 0.3) is 16.0 Å². The van der Waals surface area contributed by atoms with Crippen LogP contribution in [-0.2, 0) is 27.2 Å². The summed E-state index contributed by atoms with van der Waals surface area (Å²) in [6.45, 7) is 5.50. The highest BCUT2D eigenvalue weighted by atomic mass is 35.5. The molecule has 2 aromatic carbocycles. The Hall–Kier alpha value is -2.20. The van der Waals surface area contributed by atoms with Gasteiger partial charge >= 0.3 is 0 Å². The van der Waals surface area contributed by atoms with Crippen molar-refractivity contribution in [3.05, 3.63) is 64.4 Å². The third-order valence-electron chi connectivity index (χ3n) is 5.45. The molecule has 0 radical (unpaired) electrons. The highest BCUT2D eigenvalue weighted by Crippen LogP contribution is 2.26. The Balaban J connectivity index is 1.62. The lowest BCUT2D eigenvalue weighted by atomic mass is 10.1. The number of piperazine rings is 1. The van der Waals surface area contributed by atoms with Gasteiger partial charge in [0.1, 0.15) is 17.3 Å². The minimum absolute atomic E-state index is 0.0700. The minimum atomic E-state index is -4.27. The molecule has 2 aromatic rings. The summed E-state index contributed by atoms with van der Waals surface area (Å²) in [5, 5.41) is 0.322. The number of nitrogens with zero attached hydrogens (tertiary/aromatic N) is 2. The van der Waals surface area contributed by atoms with Gasteiger partial charge in [0.15, 0.2) is 6.61 Å². The van der Waals surface area contributed by atoms with Crippen molar-refractivity contribution in [1.29, 1.82) is 0 Å². The Morgan fingerprint density at radius 2 is 1.84 bits per heavy atom. The van der Waals surface area contributed by atoms with Crippen LogP contribution in [0.25, 0.3) is 0 Å². The zero-order valence-electron chi connectivity index (χ0n) is 17.9. The molecule has 1 amide bonds. The van der Waals surface area contributed by atoms with Crippen molar-refractivity contribution < 1.29 is 26.9 Å². The van der Waals surface area contributed by atoms with E-state index >= 15 is 0 Å². The predicted molar refractivity (Wildman–Crippen MR) is 120 cm³/mol. The number of hydrogen-bond donors (Lipinski definition) is 1. The van der Waals surface area contributed by atoms with Crippen LogP contribution in [0.1, 0.15) is 25.0 Å². The summed E-state index contributed by atoms with van der Waals surface area (Å²) in [6.07, 6.45) is 0. The number of carbonyl (C=O) groups excluding carboxylic acids is 1. The standard InChI is InChI=1S/C22H26ClFN2O5S/c1-15-11-26(16(2)10-25(15)12-17-3-7-20(24)8-4-17)22(27)13-31-21-9-19(23)6-5-18(21)14-32(28,29)30/h3-9,15-16H,10-14H2,1-2H3,(H,28,29,30)/t15-,16+/m0/s1. The molecule has 1 aliphatic rings. The molecule has 3 rings (SSSR count). The van der Waals surface area contributed by atoms with Crippen molar-refractivity contribution in [3.8, 4) is 5.75 Å². The van der Waals surface area contributed by atoms with Crippen LogP contribution in [0.4, 0.5) is 4.39 Å². The SMILES string of the molecule is C[C@@H]1CN(Cc2ccc(F)cc2)[C@@H](C)CN1C(=O)COc1cc(Cl)ccc1CS(=O)(=O)O. The Bertz CT molecular complexity index is 1060. The van der Waals surface area contributed by atoms with Crippen molar-refractivity contribution in [2.24, 2.45) is 0 Å². The Kier molecular flexibility index (Phi) is 7.76. The number of rotatable bonds is 7. The summed E-state index contributed by atoms with van der Waals surface area (Å²) in [7, 11) is -4.27. The van der Waals surface area contributed by atoms with Gasteiger partial charge in [-0.1, -0.05) is 29.8 Å². The third kappa shape index (κ3) is 6.65. The Morgan fingerprint density at radius 1 is 1.16 bits per heavy atom. The molecule has 10 heteroatoms. The zero-order chi connectivity index (χ0) is 23.5. The number of ether oxygens (including phenoxy) is 1. The van der Waals surface area contributed by atoms with Gasteiger partial charge < -0.3 is 9.64 Å². The van der Waals surface area contributed by atoms with Crippen LogP contribution in [0.15, 0.2) is 42.5 Å².